The second-order valence-electron chi connectivity index (χ2n) is 11.0. The summed E-state index contributed by atoms with van der Waals surface area (Å²) in [6.07, 6.45) is 0.478. The third-order valence-electron chi connectivity index (χ3n) is 6.79. The maximum absolute atomic E-state index is 14.3. The molecule has 10 heteroatoms. The van der Waals surface area contributed by atoms with Gasteiger partial charge in [0.05, 0.1) is 11.4 Å². The molecule has 0 radical (unpaired) electrons. The van der Waals surface area contributed by atoms with Crippen molar-refractivity contribution in [3.63, 3.8) is 0 Å². The van der Waals surface area contributed by atoms with Crippen molar-refractivity contribution in [3.8, 4) is 0 Å². The lowest BCUT2D eigenvalue weighted by Crippen LogP contribution is -2.56. The standard InChI is InChI=1S/C31H37N5O4S/c1-31(2,3)40-30(39)35-26(25(20-11-6-4-7-12-20)21-13-8-5-9-14-21)29(38)36-18-10-15-23(36)28(37)34-19-22-16-17-24(41-22)27(32)33/h4-9,11-14,16-17,23,25-26H,10,15,18-19H2,1-3H3,(H3,32,33)(H,34,37)(H,35,39)/t23-,26+/m0/s1. The molecular weight excluding hydrogens is 538 g/mol. The van der Waals surface area contributed by atoms with Gasteiger partial charge < -0.3 is 26.0 Å². The minimum Gasteiger partial charge on any atom is -0.444 e. The van der Waals surface area contributed by atoms with Gasteiger partial charge in [0.15, 0.2) is 0 Å². The molecule has 5 N–H and O–H groups in total. The zero-order chi connectivity index (χ0) is 29.6. The first kappa shape index (κ1) is 29.8. The first-order valence-electron chi connectivity index (χ1n) is 13.6. The molecule has 0 spiro atoms. The predicted octanol–water partition coefficient (Wildman–Crippen LogP) is 4.36. The predicted molar refractivity (Wildman–Crippen MR) is 160 cm³/mol. The van der Waals surface area contributed by atoms with E-state index in [1.165, 1.54) is 11.3 Å². The number of hydrogen-bond donors (Lipinski definition) is 4. The highest BCUT2D eigenvalue weighted by Gasteiger charge is 2.42. The van der Waals surface area contributed by atoms with Gasteiger partial charge in [0, 0.05) is 17.3 Å². The van der Waals surface area contributed by atoms with Crippen molar-refractivity contribution in [2.24, 2.45) is 5.73 Å². The number of carbonyl (C=O) groups is 3. The third-order valence-corrected chi connectivity index (χ3v) is 7.91. The van der Waals surface area contributed by atoms with Gasteiger partial charge in [-0.15, -0.1) is 11.3 Å². The van der Waals surface area contributed by atoms with Gasteiger partial charge in [0.25, 0.3) is 0 Å². The van der Waals surface area contributed by atoms with Crippen molar-refractivity contribution in [3.05, 3.63) is 93.7 Å². The lowest BCUT2D eigenvalue weighted by Gasteiger charge is -2.34. The Balaban J connectivity index is 1.62. The van der Waals surface area contributed by atoms with E-state index in [9.17, 15) is 14.4 Å². The highest BCUT2D eigenvalue weighted by Crippen LogP contribution is 2.31. The van der Waals surface area contributed by atoms with Crippen LogP contribution in [0.3, 0.4) is 0 Å². The first-order valence-corrected chi connectivity index (χ1v) is 14.5. The molecule has 1 fully saturated rings. The zero-order valence-electron chi connectivity index (χ0n) is 23.6. The number of nitrogens with one attached hydrogen (secondary N) is 3. The van der Waals surface area contributed by atoms with Crippen LogP contribution in [0.15, 0.2) is 72.8 Å². The van der Waals surface area contributed by atoms with Crippen LogP contribution in [0.5, 0.6) is 0 Å². The molecule has 3 aromatic rings. The van der Waals surface area contributed by atoms with Gasteiger partial charge in [0.1, 0.15) is 23.5 Å². The molecule has 2 atom stereocenters. The van der Waals surface area contributed by atoms with Crippen LogP contribution in [0.2, 0.25) is 0 Å². The Morgan fingerprint density at radius 2 is 1.63 bits per heavy atom. The molecule has 41 heavy (non-hydrogen) atoms. The van der Waals surface area contributed by atoms with Crippen molar-refractivity contribution in [2.45, 2.75) is 63.8 Å². The van der Waals surface area contributed by atoms with E-state index in [0.717, 1.165) is 16.0 Å². The number of likely N-dealkylation sites (tertiary alicyclic amines) is 1. The molecule has 3 amide bonds. The molecule has 0 saturated carbocycles. The summed E-state index contributed by atoms with van der Waals surface area (Å²) in [5.74, 6) is -1.14. The van der Waals surface area contributed by atoms with Crippen molar-refractivity contribution in [1.29, 1.82) is 5.41 Å². The number of carbonyl (C=O) groups excluding carboxylic acids is 3. The van der Waals surface area contributed by atoms with Gasteiger partial charge in [-0.2, -0.15) is 0 Å². The van der Waals surface area contributed by atoms with Gasteiger partial charge in [0.2, 0.25) is 11.8 Å². The Morgan fingerprint density at radius 3 is 2.17 bits per heavy atom. The van der Waals surface area contributed by atoms with Crippen molar-refractivity contribution in [1.82, 2.24) is 15.5 Å². The van der Waals surface area contributed by atoms with E-state index in [0.29, 0.717) is 24.3 Å². The Morgan fingerprint density at radius 1 is 1.02 bits per heavy atom. The summed E-state index contributed by atoms with van der Waals surface area (Å²) in [5, 5.41) is 13.4. The Labute approximate surface area is 244 Å². The summed E-state index contributed by atoms with van der Waals surface area (Å²) in [6, 6.07) is 21.0. The summed E-state index contributed by atoms with van der Waals surface area (Å²) in [7, 11) is 0. The maximum Gasteiger partial charge on any atom is 0.408 e. The van der Waals surface area contributed by atoms with Crippen LogP contribution in [-0.4, -0.2) is 52.9 Å². The number of rotatable bonds is 9. The minimum absolute atomic E-state index is 0.0185. The van der Waals surface area contributed by atoms with Crippen LogP contribution < -0.4 is 16.4 Å². The molecule has 9 nitrogen and oxygen atoms in total. The van der Waals surface area contributed by atoms with Crippen molar-refractivity contribution < 1.29 is 19.1 Å². The summed E-state index contributed by atoms with van der Waals surface area (Å²) in [4.78, 5) is 43.8. The summed E-state index contributed by atoms with van der Waals surface area (Å²) < 4.78 is 5.56. The molecule has 2 heterocycles. The van der Waals surface area contributed by atoms with E-state index in [4.69, 9.17) is 15.9 Å². The SMILES string of the molecule is CC(C)(C)OC(=O)N[C@@H](C(=O)N1CCC[C@H]1C(=O)NCc1ccc(C(=N)N)s1)C(c1ccccc1)c1ccccc1. The lowest BCUT2D eigenvalue weighted by molar-refractivity contribution is -0.140. The highest BCUT2D eigenvalue weighted by molar-refractivity contribution is 7.14. The lowest BCUT2D eigenvalue weighted by atomic mass is 9.84. The second-order valence-corrected chi connectivity index (χ2v) is 12.2. The first-order chi connectivity index (χ1) is 19.5. The quantitative estimate of drug-likeness (QED) is 0.222. The highest BCUT2D eigenvalue weighted by atomic mass is 32.1. The number of nitrogens with zero attached hydrogens (tertiary/aromatic N) is 1. The van der Waals surface area contributed by atoms with E-state index < -0.39 is 29.7 Å². The number of thiophene rings is 1. The van der Waals surface area contributed by atoms with E-state index in [-0.39, 0.29) is 24.2 Å². The van der Waals surface area contributed by atoms with Crippen LogP contribution in [0.4, 0.5) is 4.79 Å². The number of hydrogen-bond acceptors (Lipinski definition) is 6. The fourth-order valence-corrected chi connectivity index (χ4v) is 5.82. The molecule has 1 aliphatic rings. The number of nitrogen functional groups attached to an aromatic ring is 1. The van der Waals surface area contributed by atoms with E-state index in [1.807, 2.05) is 66.7 Å². The minimum atomic E-state index is -1.02. The fourth-order valence-electron chi connectivity index (χ4n) is 5.01. The van der Waals surface area contributed by atoms with Gasteiger partial charge in [-0.05, 0) is 56.9 Å². The molecule has 2 aromatic carbocycles. The van der Waals surface area contributed by atoms with Gasteiger partial charge >= 0.3 is 6.09 Å². The Hall–Kier alpha value is -4.18. The molecule has 4 rings (SSSR count). The van der Waals surface area contributed by atoms with Crippen LogP contribution in [0.1, 0.15) is 60.4 Å². The summed E-state index contributed by atoms with van der Waals surface area (Å²) in [5.41, 5.74) is 6.51. The topological polar surface area (TPSA) is 138 Å². The van der Waals surface area contributed by atoms with Crippen LogP contribution in [0, 0.1) is 5.41 Å². The normalized spacial score (nSPS) is 15.8. The molecule has 0 unspecified atom stereocenters. The number of ether oxygens (including phenoxy) is 1. The zero-order valence-corrected chi connectivity index (χ0v) is 24.4. The fraction of sp³-hybridized carbons (Fsp3) is 0.355. The molecule has 1 saturated heterocycles. The Bertz CT molecular complexity index is 1330. The second kappa shape index (κ2) is 13.0. The van der Waals surface area contributed by atoms with Gasteiger partial charge in [-0.3, -0.25) is 15.0 Å². The van der Waals surface area contributed by atoms with Gasteiger partial charge in [-0.1, -0.05) is 60.7 Å². The number of alkyl carbamates (subject to hydrolysis) is 1. The Kier molecular flexibility index (Phi) is 9.44. The van der Waals surface area contributed by atoms with E-state index >= 15 is 0 Å². The molecule has 1 aromatic heterocycles. The number of amidine groups is 1. The molecular formula is C31H37N5O4S. The summed E-state index contributed by atoms with van der Waals surface area (Å²) in [6.45, 7) is 5.97. The van der Waals surface area contributed by atoms with Crippen LogP contribution >= 0.6 is 11.3 Å². The van der Waals surface area contributed by atoms with Crippen LogP contribution in [-0.2, 0) is 20.9 Å². The average Bonchev–Trinajstić information content (AvgIpc) is 3.62. The molecule has 216 valence electrons. The van der Waals surface area contributed by atoms with Gasteiger partial charge in [-0.25, -0.2) is 4.79 Å². The van der Waals surface area contributed by atoms with E-state index in [2.05, 4.69) is 10.6 Å². The monoisotopic (exact) mass is 575 g/mol. The molecule has 0 bridgehead atoms. The summed E-state index contributed by atoms with van der Waals surface area (Å²) >= 11 is 1.34. The van der Waals surface area contributed by atoms with E-state index in [1.54, 1.807) is 31.7 Å². The largest absolute Gasteiger partial charge is 0.444 e. The third kappa shape index (κ3) is 7.73. The molecule has 1 aliphatic heterocycles. The van der Waals surface area contributed by atoms with Crippen molar-refractivity contribution >= 4 is 35.1 Å². The van der Waals surface area contributed by atoms with Crippen molar-refractivity contribution in [2.75, 3.05) is 6.54 Å². The average molecular weight is 576 g/mol. The smallest absolute Gasteiger partial charge is 0.408 e. The number of benzene rings is 2. The maximum atomic E-state index is 14.3. The number of amides is 3. The van der Waals surface area contributed by atoms with Crippen LogP contribution in [0.25, 0.3) is 0 Å². The number of nitrogens with two attached hydrogens (primary N) is 1. The molecule has 0 aliphatic carbocycles.